The van der Waals surface area contributed by atoms with Crippen LogP contribution < -0.4 is 0 Å². The summed E-state index contributed by atoms with van der Waals surface area (Å²) in [6, 6.07) is 15.1. The largest absolute Gasteiger partial charge is 0.298 e. The van der Waals surface area contributed by atoms with E-state index in [1.54, 1.807) is 18.2 Å². The minimum atomic E-state index is -3.75. The lowest BCUT2D eigenvalue weighted by Crippen LogP contribution is -2.02. The molecule has 0 N–H and O–H groups in total. The molecule has 0 heterocycles. The maximum Gasteiger partial charge on any atom is 0.206 e. The van der Waals surface area contributed by atoms with E-state index in [2.05, 4.69) is 0 Å². The third-order valence-corrected chi connectivity index (χ3v) is 5.68. The van der Waals surface area contributed by atoms with Gasteiger partial charge in [-0.05, 0) is 42.0 Å². The summed E-state index contributed by atoms with van der Waals surface area (Å²) in [5.41, 5.74) is 1.15. The molecule has 0 atom stereocenters. The molecule has 27 heavy (non-hydrogen) atoms. The van der Waals surface area contributed by atoms with Crippen molar-refractivity contribution in [2.45, 2.75) is 9.79 Å². The second kappa shape index (κ2) is 7.63. The zero-order valence-corrected chi connectivity index (χ0v) is 14.8. The van der Waals surface area contributed by atoms with Crippen LogP contribution in [0.1, 0.15) is 21.5 Å². The average Bonchev–Trinajstić information content (AvgIpc) is 2.67. The SMILES string of the molecule is O=Cc1cccc(S(=O)(=O)c2ccc(C=Cc3ccc(F)cc3F)cc2)c1. The predicted molar refractivity (Wildman–Crippen MR) is 99.0 cm³/mol. The van der Waals surface area contributed by atoms with Gasteiger partial charge in [0, 0.05) is 17.2 Å². The second-order valence-electron chi connectivity index (χ2n) is 5.76. The number of hydrogen-bond acceptors (Lipinski definition) is 3. The van der Waals surface area contributed by atoms with Crippen LogP contribution in [-0.2, 0) is 9.84 Å². The zero-order chi connectivity index (χ0) is 19.4. The van der Waals surface area contributed by atoms with Gasteiger partial charge in [0.15, 0.2) is 0 Å². The summed E-state index contributed by atoms with van der Waals surface area (Å²) in [6.07, 6.45) is 3.66. The Bertz CT molecular complexity index is 1120. The minimum Gasteiger partial charge on any atom is -0.298 e. The van der Waals surface area contributed by atoms with Crippen LogP contribution in [0.2, 0.25) is 0 Å². The topological polar surface area (TPSA) is 51.2 Å². The van der Waals surface area contributed by atoms with E-state index in [0.717, 1.165) is 12.1 Å². The first-order chi connectivity index (χ1) is 12.9. The van der Waals surface area contributed by atoms with Gasteiger partial charge in [-0.3, -0.25) is 4.79 Å². The fourth-order valence-electron chi connectivity index (χ4n) is 2.47. The maximum absolute atomic E-state index is 13.6. The number of sulfone groups is 1. The van der Waals surface area contributed by atoms with E-state index >= 15 is 0 Å². The molecule has 0 aliphatic rings. The fraction of sp³-hybridized carbons (Fsp3) is 0. The monoisotopic (exact) mass is 384 g/mol. The maximum atomic E-state index is 13.6. The molecule has 0 unspecified atom stereocenters. The van der Waals surface area contributed by atoms with Gasteiger partial charge in [0.1, 0.15) is 17.9 Å². The molecular formula is C21H14F2O3S. The van der Waals surface area contributed by atoms with Gasteiger partial charge in [-0.15, -0.1) is 0 Å². The molecule has 0 bridgehead atoms. The summed E-state index contributed by atoms with van der Waals surface area (Å²) in [5.74, 6) is -1.33. The van der Waals surface area contributed by atoms with E-state index < -0.39 is 21.5 Å². The number of halogens is 2. The molecule has 3 rings (SSSR count). The van der Waals surface area contributed by atoms with Crippen LogP contribution >= 0.6 is 0 Å². The molecule has 3 aromatic rings. The summed E-state index contributed by atoms with van der Waals surface area (Å²) in [5, 5.41) is 0. The molecule has 6 heteroatoms. The van der Waals surface area contributed by atoms with Crippen LogP contribution in [0.3, 0.4) is 0 Å². The molecular weight excluding hydrogens is 370 g/mol. The van der Waals surface area contributed by atoms with E-state index in [4.69, 9.17) is 0 Å². The molecule has 0 saturated carbocycles. The van der Waals surface area contributed by atoms with Crippen molar-refractivity contribution in [1.82, 2.24) is 0 Å². The third kappa shape index (κ3) is 4.17. The summed E-state index contributed by atoms with van der Waals surface area (Å²) in [7, 11) is -3.75. The first kappa shape index (κ1) is 18.7. The number of carbonyl (C=O) groups is 1. The Kier molecular flexibility index (Phi) is 5.28. The van der Waals surface area contributed by atoms with Crippen LogP contribution in [-0.4, -0.2) is 14.7 Å². The smallest absolute Gasteiger partial charge is 0.206 e. The Morgan fingerprint density at radius 2 is 1.48 bits per heavy atom. The van der Waals surface area contributed by atoms with Gasteiger partial charge in [0.25, 0.3) is 0 Å². The Morgan fingerprint density at radius 3 is 2.15 bits per heavy atom. The van der Waals surface area contributed by atoms with Crippen molar-refractivity contribution in [3.63, 3.8) is 0 Å². The molecule has 0 saturated heterocycles. The van der Waals surface area contributed by atoms with Crippen molar-refractivity contribution in [2.75, 3.05) is 0 Å². The highest BCUT2D eigenvalue weighted by atomic mass is 32.2. The second-order valence-corrected chi connectivity index (χ2v) is 7.71. The zero-order valence-electron chi connectivity index (χ0n) is 14.0. The van der Waals surface area contributed by atoms with E-state index in [9.17, 15) is 22.0 Å². The first-order valence-electron chi connectivity index (χ1n) is 7.94. The quantitative estimate of drug-likeness (QED) is 0.470. The Balaban J connectivity index is 1.86. The lowest BCUT2D eigenvalue weighted by Gasteiger charge is -2.06. The van der Waals surface area contributed by atoms with Gasteiger partial charge >= 0.3 is 0 Å². The number of aldehydes is 1. The standard InChI is InChI=1S/C21H14F2O3S/c22-18-9-8-17(21(23)13-18)7-4-15-5-10-19(11-6-15)27(25,26)20-3-1-2-16(12-20)14-24/h1-14H. The highest BCUT2D eigenvalue weighted by Gasteiger charge is 2.17. The normalized spacial score (nSPS) is 11.6. The summed E-state index contributed by atoms with van der Waals surface area (Å²) in [6.45, 7) is 0. The highest BCUT2D eigenvalue weighted by molar-refractivity contribution is 7.91. The van der Waals surface area contributed by atoms with Crippen molar-refractivity contribution in [3.8, 4) is 0 Å². The van der Waals surface area contributed by atoms with E-state index in [1.807, 2.05) is 0 Å². The summed E-state index contributed by atoms with van der Waals surface area (Å²) < 4.78 is 51.8. The first-order valence-corrected chi connectivity index (χ1v) is 9.42. The van der Waals surface area contributed by atoms with Crippen molar-refractivity contribution >= 4 is 28.3 Å². The molecule has 0 aromatic heterocycles. The Morgan fingerprint density at radius 1 is 0.741 bits per heavy atom. The van der Waals surface area contributed by atoms with Crippen LogP contribution in [0.15, 0.2) is 76.5 Å². The molecule has 136 valence electrons. The molecule has 0 amide bonds. The van der Waals surface area contributed by atoms with Crippen molar-refractivity contribution in [2.24, 2.45) is 0 Å². The van der Waals surface area contributed by atoms with Crippen LogP contribution in [0, 0.1) is 11.6 Å². The number of benzene rings is 3. The van der Waals surface area contributed by atoms with Crippen molar-refractivity contribution in [3.05, 3.63) is 95.1 Å². The number of hydrogen-bond donors (Lipinski definition) is 0. The van der Waals surface area contributed by atoms with Gasteiger partial charge < -0.3 is 0 Å². The number of rotatable bonds is 5. The molecule has 0 spiro atoms. The highest BCUT2D eigenvalue weighted by Crippen LogP contribution is 2.22. The third-order valence-electron chi connectivity index (χ3n) is 3.91. The van der Waals surface area contributed by atoms with Gasteiger partial charge in [0.2, 0.25) is 9.84 Å². The van der Waals surface area contributed by atoms with Gasteiger partial charge in [-0.2, -0.15) is 0 Å². The molecule has 3 nitrogen and oxygen atoms in total. The lowest BCUT2D eigenvalue weighted by molar-refractivity contribution is 0.112. The fourth-order valence-corrected chi connectivity index (χ4v) is 3.79. The lowest BCUT2D eigenvalue weighted by atomic mass is 10.1. The molecule has 0 radical (unpaired) electrons. The van der Waals surface area contributed by atoms with Gasteiger partial charge in [-0.25, -0.2) is 17.2 Å². The Labute approximate surface area is 155 Å². The summed E-state index contributed by atoms with van der Waals surface area (Å²) >= 11 is 0. The number of carbonyl (C=O) groups excluding carboxylic acids is 1. The van der Waals surface area contributed by atoms with Crippen molar-refractivity contribution < 1.29 is 22.0 Å². The predicted octanol–water partition coefficient (Wildman–Crippen LogP) is 4.78. The van der Waals surface area contributed by atoms with Crippen LogP contribution in [0.4, 0.5) is 8.78 Å². The van der Waals surface area contributed by atoms with Crippen LogP contribution in [0.25, 0.3) is 12.2 Å². The van der Waals surface area contributed by atoms with Gasteiger partial charge in [0.05, 0.1) is 9.79 Å². The molecule has 3 aromatic carbocycles. The molecule has 0 aliphatic heterocycles. The average molecular weight is 384 g/mol. The molecule has 0 aliphatic carbocycles. The minimum absolute atomic E-state index is 0.0313. The van der Waals surface area contributed by atoms with Crippen molar-refractivity contribution in [1.29, 1.82) is 0 Å². The Hall–Kier alpha value is -3.12. The van der Waals surface area contributed by atoms with E-state index in [-0.39, 0.29) is 20.9 Å². The molecule has 0 fully saturated rings. The van der Waals surface area contributed by atoms with Crippen LogP contribution in [0.5, 0.6) is 0 Å². The van der Waals surface area contributed by atoms with E-state index in [0.29, 0.717) is 11.8 Å². The van der Waals surface area contributed by atoms with Gasteiger partial charge in [-0.1, -0.05) is 36.4 Å². The van der Waals surface area contributed by atoms with E-state index in [1.165, 1.54) is 48.5 Å². The summed E-state index contributed by atoms with van der Waals surface area (Å²) in [4.78, 5) is 11.0.